The molecule has 1 heterocycles. The molecular formula is C15H17BrClNO2. The predicted octanol–water partition coefficient (Wildman–Crippen LogP) is 4.79. The van der Waals surface area contributed by atoms with E-state index >= 15 is 0 Å². The molecule has 20 heavy (non-hydrogen) atoms. The van der Waals surface area contributed by atoms with E-state index in [1.165, 1.54) is 0 Å². The molecule has 0 aliphatic heterocycles. The van der Waals surface area contributed by atoms with Gasteiger partial charge in [-0.2, -0.15) is 0 Å². The monoisotopic (exact) mass is 357 g/mol. The highest BCUT2D eigenvalue weighted by Gasteiger charge is 2.20. The van der Waals surface area contributed by atoms with E-state index in [4.69, 9.17) is 20.8 Å². The van der Waals surface area contributed by atoms with Crippen LogP contribution in [0.2, 0.25) is 5.22 Å². The van der Waals surface area contributed by atoms with Crippen molar-refractivity contribution in [3.05, 3.63) is 51.3 Å². The second kappa shape index (κ2) is 7.16. The predicted molar refractivity (Wildman–Crippen MR) is 84.5 cm³/mol. The average molecular weight is 359 g/mol. The zero-order valence-electron chi connectivity index (χ0n) is 11.5. The summed E-state index contributed by atoms with van der Waals surface area (Å²) in [4.78, 5) is 0. The summed E-state index contributed by atoms with van der Waals surface area (Å²) in [5.74, 6) is 1.61. The fraction of sp³-hybridized carbons (Fsp3) is 0.333. The first-order valence-corrected chi connectivity index (χ1v) is 7.64. The third-order valence-corrected chi connectivity index (χ3v) is 3.89. The van der Waals surface area contributed by atoms with Crippen LogP contribution in [0.3, 0.4) is 0 Å². The molecule has 1 N–H and O–H groups in total. The van der Waals surface area contributed by atoms with Gasteiger partial charge in [0.05, 0.1) is 13.2 Å². The number of rotatable bonds is 6. The molecule has 0 bridgehead atoms. The number of ether oxygens (including phenoxy) is 1. The number of furan rings is 1. The summed E-state index contributed by atoms with van der Waals surface area (Å²) >= 11 is 9.48. The molecule has 3 nitrogen and oxygen atoms in total. The summed E-state index contributed by atoms with van der Waals surface area (Å²) in [7, 11) is 1.65. The highest BCUT2D eigenvalue weighted by atomic mass is 79.9. The Labute approximate surface area is 132 Å². The van der Waals surface area contributed by atoms with Crippen LogP contribution in [0.1, 0.15) is 30.7 Å². The highest BCUT2D eigenvalue weighted by Crippen LogP contribution is 2.33. The second-order valence-electron chi connectivity index (χ2n) is 4.42. The van der Waals surface area contributed by atoms with Crippen LogP contribution in [-0.2, 0) is 0 Å². The number of hydrogen-bond donors (Lipinski definition) is 1. The number of hydrogen-bond acceptors (Lipinski definition) is 3. The molecule has 2 rings (SSSR count). The third kappa shape index (κ3) is 3.57. The van der Waals surface area contributed by atoms with Gasteiger partial charge in [0.15, 0.2) is 5.22 Å². The first kappa shape index (κ1) is 15.4. The van der Waals surface area contributed by atoms with E-state index in [0.717, 1.165) is 34.5 Å². The molecule has 0 aliphatic carbocycles. The number of methoxy groups -OCH3 is 1. The van der Waals surface area contributed by atoms with Crippen molar-refractivity contribution in [3.63, 3.8) is 0 Å². The van der Waals surface area contributed by atoms with Crippen LogP contribution in [0.4, 0.5) is 0 Å². The van der Waals surface area contributed by atoms with Crippen molar-refractivity contribution in [2.45, 2.75) is 19.4 Å². The summed E-state index contributed by atoms with van der Waals surface area (Å²) < 4.78 is 11.8. The van der Waals surface area contributed by atoms with Gasteiger partial charge >= 0.3 is 0 Å². The van der Waals surface area contributed by atoms with Gasteiger partial charge in [-0.15, -0.1) is 0 Å². The largest absolute Gasteiger partial charge is 0.497 e. The Balaban J connectivity index is 2.35. The molecule has 0 saturated heterocycles. The quantitative estimate of drug-likeness (QED) is 0.806. The minimum absolute atomic E-state index is 0.0391. The molecule has 0 amide bonds. The van der Waals surface area contributed by atoms with Gasteiger partial charge in [0.25, 0.3) is 0 Å². The van der Waals surface area contributed by atoms with E-state index < -0.39 is 0 Å². The van der Waals surface area contributed by atoms with E-state index in [9.17, 15) is 0 Å². The van der Waals surface area contributed by atoms with Crippen molar-refractivity contribution in [2.75, 3.05) is 13.7 Å². The van der Waals surface area contributed by atoms with Gasteiger partial charge in [0.1, 0.15) is 11.5 Å². The standard InChI is InChI=1S/C15H17BrClNO2/c1-3-8-18-15(13-6-7-14(17)20-13)11-5-4-10(19-2)9-12(11)16/h4-7,9,15,18H,3,8H2,1-2H3. The van der Waals surface area contributed by atoms with Crippen molar-refractivity contribution in [1.29, 1.82) is 0 Å². The van der Waals surface area contributed by atoms with Crippen LogP contribution in [0.15, 0.2) is 39.2 Å². The van der Waals surface area contributed by atoms with Crippen molar-refractivity contribution in [1.82, 2.24) is 5.32 Å². The van der Waals surface area contributed by atoms with E-state index in [2.05, 4.69) is 28.2 Å². The van der Waals surface area contributed by atoms with Crippen LogP contribution >= 0.6 is 27.5 Å². The number of nitrogens with one attached hydrogen (secondary N) is 1. The molecule has 1 unspecified atom stereocenters. The van der Waals surface area contributed by atoms with Gasteiger partial charge in [-0.25, -0.2) is 0 Å². The summed E-state index contributed by atoms with van der Waals surface area (Å²) in [5, 5.41) is 3.87. The number of halogens is 2. The summed E-state index contributed by atoms with van der Waals surface area (Å²) in [6, 6.07) is 9.52. The maximum Gasteiger partial charge on any atom is 0.193 e. The van der Waals surface area contributed by atoms with Gasteiger partial charge in [0.2, 0.25) is 0 Å². The molecule has 0 radical (unpaired) electrons. The van der Waals surface area contributed by atoms with E-state index in [0.29, 0.717) is 5.22 Å². The lowest BCUT2D eigenvalue weighted by Crippen LogP contribution is -2.23. The van der Waals surface area contributed by atoms with E-state index in [1.807, 2.05) is 24.3 Å². The molecule has 108 valence electrons. The molecule has 0 fully saturated rings. The van der Waals surface area contributed by atoms with E-state index in [-0.39, 0.29) is 6.04 Å². The van der Waals surface area contributed by atoms with Gasteiger partial charge < -0.3 is 14.5 Å². The van der Waals surface area contributed by atoms with E-state index in [1.54, 1.807) is 13.2 Å². The molecular weight excluding hydrogens is 342 g/mol. The summed E-state index contributed by atoms with van der Waals surface area (Å²) in [5.41, 5.74) is 1.09. The van der Waals surface area contributed by atoms with Gasteiger partial charge in [-0.3, -0.25) is 0 Å². The van der Waals surface area contributed by atoms with Crippen LogP contribution in [0, 0.1) is 0 Å². The first-order chi connectivity index (χ1) is 9.65. The fourth-order valence-corrected chi connectivity index (χ4v) is 2.74. The zero-order valence-corrected chi connectivity index (χ0v) is 13.8. The minimum atomic E-state index is -0.0391. The number of benzene rings is 1. The Hall–Kier alpha value is -0.970. The molecule has 1 aromatic carbocycles. The second-order valence-corrected chi connectivity index (χ2v) is 5.64. The lowest BCUT2D eigenvalue weighted by Gasteiger charge is -2.18. The van der Waals surface area contributed by atoms with Crippen molar-refractivity contribution >= 4 is 27.5 Å². The van der Waals surface area contributed by atoms with Crippen molar-refractivity contribution in [3.8, 4) is 5.75 Å². The van der Waals surface area contributed by atoms with Gasteiger partial charge in [-0.1, -0.05) is 28.9 Å². The Morgan fingerprint density at radius 3 is 2.70 bits per heavy atom. The molecule has 1 atom stereocenters. The molecule has 5 heteroatoms. The Bertz CT molecular complexity index is 571. The van der Waals surface area contributed by atoms with Crippen molar-refractivity contribution in [2.24, 2.45) is 0 Å². The van der Waals surface area contributed by atoms with Gasteiger partial charge in [0, 0.05) is 4.47 Å². The smallest absolute Gasteiger partial charge is 0.193 e. The maximum atomic E-state index is 5.89. The Kier molecular flexibility index (Phi) is 5.52. The normalized spacial score (nSPS) is 12.4. The Morgan fingerprint density at radius 2 is 2.15 bits per heavy atom. The molecule has 0 aliphatic rings. The molecule has 1 aromatic heterocycles. The summed E-state index contributed by atoms with van der Waals surface area (Å²) in [6.45, 7) is 3.02. The fourth-order valence-electron chi connectivity index (χ4n) is 2.00. The topological polar surface area (TPSA) is 34.4 Å². The van der Waals surface area contributed by atoms with Crippen LogP contribution in [0.25, 0.3) is 0 Å². The minimum Gasteiger partial charge on any atom is -0.497 e. The first-order valence-electron chi connectivity index (χ1n) is 6.47. The van der Waals surface area contributed by atoms with Gasteiger partial charge in [-0.05, 0) is 54.4 Å². The van der Waals surface area contributed by atoms with Crippen LogP contribution in [-0.4, -0.2) is 13.7 Å². The maximum absolute atomic E-state index is 5.89. The van der Waals surface area contributed by atoms with Crippen LogP contribution in [0.5, 0.6) is 5.75 Å². The molecule has 0 saturated carbocycles. The summed E-state index contributed by atoms with van der Waals surface area (Å²) in [6.07, 6.45) is 1.04. The molecule has 0 spiro atoms. The lowest BCUT2D eigenvalue weighted by atomic mass is 10.0. The highest BCUT2D eigenvalue weighted by molar-refractivity contribution is 9.10. The molecule has 2 aromatic rings. The third-order valence-electron chi connectivity index (χ3n) is 3.00. The lowest BCUT2D eigenvalue weighted by molar-refractivity contribution is 0.413. The SMILES string of the molecule is CCCNC(c1ccc(Cl)o1)c1ccc(OC)cc1Br. The average Bonchev–Trinajstić information content (AvgIpc) is 2.87. The van der Waals surface area contributed by atoms with Crippen molar-refractivity contribution < 1.29 is 9.15 Å². The van der Waals surface area contributed by atoms with Crippen LogP contribution < -0.4 is 10.1 Å². The Morgan fingerprint density at radius 1 is 1.35 bits per heavy atom. The zero-order chi connectivity index (χ0) is 14.5.